The van der Waals surface area contributed by atoms with E-state index in [-0.39, 0.29) is 17.4 Å². The predicted octanol–water partition coefficient (Wildman–Crippen LogP) is 2.90. The average molecular weight is 438 g/mol. The summed E-state index contributed by atoms with van der Waals surface area (Å²) >= 11 is 1.54. The van der Waals surface area contributed by atoms with Crippen LogP contribution in [-0.2, 0) is 19.1 Å². The Bertz CT molecular complexity index is 849. The second-order valence-corrected chi connectivity index (χ2v) is 8.59. The number of ether oxygens (including phenoxy) is 2. The predicted molar refractivity (Wildman–Crippen MR) is 111 cm³/mol. The van der Waals surface area contributed by atoms with Crippen molar-refractivity contribution >= 4 is 35.4 Å². The molecule has 1 aromatic rings. The summed E-state index contributed by atoms with van der Waals surface area (Å²) in [6, 6.07) is 7.12. The van der Waals surface area contributed by atoms with E-state index in [4.69, 9.17) is 9.47 Å². The molecule has 10 heteroatoms. The Morgan fingerprint density at radius 3 is 2.37 bits per heavy atom. The number of amides is 2. The van der Waals surface area contributed by atoms with Crippen molar-refractivity contribution in [1.29, 1.82) is 0 Å². The Hall–Kier alpha value is -2.59. The molecule has 0 fully saturated rings. The van der Waals surface area contributed by atoms with Gasteiger partial charge < -0.3 is 9.47 Å². The number of esters is 1. The highest BCUT2D eigenvalue weighted by Crippen LogP contribution is 2.31. The van der Waals surface area contributed by atoms with E-state index in [9.17, 15) is 19.6 Å². The molecule has 0 aliphatic carbocycles. The molecule has 1 atom stereocenters. The molecule has 0 radical (unpaired) electrons. The number of hydrogen-bond acceptors (Lipinski definition) is 8. The van der Waals surface area contributed by atoms with Crippen LogP contribution in [0.1, 0.15) is 40.2 Å². The van der Waals surface area contributed by atoms with E-state index in [2.05, 4.69) is 5.10 Å². The first kappa shape index (κ1) is 23.7. The number of thioether (sulfide) groups is 1. The molecule has 0 saturated heterocycles. The molecule has 1 heterocycles. The van der Waals surface area contributed by atoms with Crippen molar-refractivity contribution in [2.24, 2.45) is 5.10 Å². The van der Waals surface area contributed by atoms with Crippen molar-refractivity contribution in [3.63, 3.8) is 0 Å². The van der Waals surface area contributed by atoms with Crippen LogP contribution in [0.5, 0.6) is 0 Å². The fraction of sp³-hybridized carbons (Fsp3) is 0.500. The SMILES string of the molecule is CCOC(=O)CN1N=C(c2ccc(SC)cc2)C(C)(N(O)C(=O)OC(C)(C)C)C1=O. The van der Waals surface area contributed by atoms with E-state index in [1.807, 2.05) is 18.4 Å². The Morgan fingerprint density at radius 2 is 1.87 bits per heavy atom. The van der Waals surface area contributed by atoms with Crippen molar-refractivity contribution in [2.45, 2.75) is 50.7 Å². The summed E-state index contributed by atoms with van der Waals surface area (Å²) in [6.07, 6.45) is 0.819. The number of nitrogens with zero attached hydrogens (tertiary/aromatic N) is 3. The number of benzene rings is 1. The maximum Gasteiger partial charge on any atom is 0.435 e. The Morgan fingerprint density at radius 1 is 1.27 bits per heavy atom. The van der Waals surface area contributed by atoms with Gasteiger partial charge in [0.05, 0.1) is 6.61 Å². The van der Waals surface area contributed by atoms with Gasteiger partial charge in [-0.05, 0) is 53.0 Å². The smallest absolute Gasteiger partial charge is 0.435 e. The number of carbonyl (C=O) groups is 3. The summed E-state index contributed by atoms with van der Waals surface area (Å²) in [5.74, 6) is -1.41. The fourth-order valence-corrected chi connectivity index (χ4v) is 3.23. The molecule has 1 aliphatic rings. The first-order valence-electron chi connectivity index (χ1n) is 9.37. The zero-order chi connectivity index (χ0) is 22.7. The Balaban J connectivity index is 2.47. The quantitative estimate of drug-likeness (QED) is 0.315. The molecule has 1 unspecified atom stereocenters. The summed E-state index contributed by atoms with van der Waals surface area (Å²) in [7, 11) is 0. The van der Waals surface area contributed by atoms with Gasteiger partial charge in [0.25, 0.3) is 5.91 Å². The summed E-state index contributed by atoms with van der Waals surface area (Å²) in [4.78, 5) is 38.6. The summed E-state index contributed by atoms with van der Waals surface area (Å²) < 4.78 is 10.1. The van der Waals surface area contributed by atoms with Crippen molar-refractivity contribution in [2.75, 3.05) is 19.4 Å². The second kappa shape index (κ2) is 9.05. The highest BCUT2D eigenvalue weighted by Gasteiger charge is 2.55. The maximum absolute atomic E-state index is 13.2. The zero-order valence-electron chi connectivity index (χ0n) is 18.0. The molecule has 30 heavy (non-hydrogen) atoms. The van der Waals surface area contributed by atoms with Gasteiger partial charge in [0.15, 0.2) is 5.54 Å². The highest BCUT2D eigenvalue weighted by molar-refractivity contribution is 7.98. The van der Waals surface area contributed by atoms with Gasteiger partial charge in [-0.1, -0.05) is 12.1 Å². The first-order chi connectivity index (χ1) is 13.9. The molecule has 1 aromatic carbocycles. The number of hydrazone groups is 1. The van der Waals surface area contributed by atoms with Crippen LogP contribution in [0.25, 0.3) is 0 Å². The third kappa shape index (κ3) is 4.93. The minimum Gasteiger partial charge on any atom is -0.465 e. The zero-order valence-corrected chi connectivity index (χ0v) is 18.8. The van der Waals surface area contributed by atoms with E-state index < -0.39 is 35.7 Å². The van der Waals surface area contributed by atoms with Crippen molar-refractivity contribution in [3.05, 3.63) is 29.8 Å². The van der Waals surface area contributed by atoms with Gasteiger partial charge in [0, 0.05) is 10.5 Å². The largest absolute Gasteiger partial charge is 0.465 e. The van der Waals surface area contributed by atoms with E-state index in [1.165, 1.54) is 6.92 Å². The number of hydroxylamine groups is 2. The van der Waals surface area contributed by atoms with Gasteiger partial charge in [-0.25, -0.2) is 9.80 Å². The molecular weight excluding hydrogens is 410 g/mol. The van der Waals surface area contributed by atoms with Gasteiger partial charge in [0.2, 0.25) is 0 Å². The number of hydrogen-bond donors (Lipinski definition) is 1. The van der Waals surface area contributed by atoms with Crippen LogP contribution in [0, 0.1) is 0 Å². The lowest BCUT2D eigenvalue weighted by atomic mass is 9.90. The first-order valence-corrected chi connectivity index (χ1v) is 10.6. The van der Waals surface area contributed by atoms with Crippen molar-refractivity contribution in [3.8, 4) is 0 Å². The molecule has 0 spiro atoms. The summed E-state index contributed by atoms with van der Waals surface area (Å²) in [5, 5.41) is 16.1. The van der Waals surface area contributed by atoms with Crippen LogP contribution in [0.15, 0.2) is 34.3 Å². The average Bonchev–Trinajstić information content (AvgIpc) is 2.92. The van der Waals surface area contributed by atoms with E-state index in [0.717, 1.165) is 9.90 Å². The van der Waals surface area contributed by atoms with Crippen LogP contribution < -0.4 is 0 Å². The topological polar surface area (TPSA) is 109 Å². The fourth-order valence-electron chi connectivity index (χ4n) is 2.82. The van der Waals surface area contributed by atoms with Gasteiger partial charge >= 0.3 is 12.1 Å². The van der Waals surface area contributed by atoms with Crippen molar-refractivity contribution < 1.29 is 29.1 Å². The maximum atomic E-state index is 13.2. The third-order valence-corrected chi connectivity index (χ3v) is 5.01. The standard InChI is InChI=1S/C20H27N3O6S/c1-7-28-15(24)12-22-17(25)20(5,23(27)18(26)29-19(2,3)4)16(21-22)13-8-10-14(30-6)11-9-13/h8-11,27H,7,12H2,1-6H3. The van der Waals surface area contributed by atoms with Crippen LogP contribution in [0.2, 0.25) is 0 Å². The van der Waals surface area contributed by atoms with Crippen LogP contribution >= 0.6 is 11.8 Å². The minimum absolute atomic E-state index is 0.109. The summed E-state index contributed by atoms with van der Waals surface area (Å²) in [6.45, 7) is 7.62. The van der Waals surface area contributed by atoms with Crippen LogP contribution in [0.4, 0.5) is 4.79 Å². The molecule has 0 saturated carbocycles. The molecule has 0 bridgehead atoms. The van der Waals surface area contributed by atoms with Crippen LogP contribution in [0.3, 0.4) is 0 Å². The lowest BCUT2D eigenvalue weighted by Crippen LogP contribution is -2.59. The molecule has 164 valence electrons. The normalized spacial score (nSPS) is 18.8. The lowest BCUT2D eigenvalue weighted by molar-refractivity contribution is -0.165. The van der Waals surface area contributed by atoms with E-state index >= 15 is 0 Å². The number of rotatable bonds is 6. The molecular formula is C20H27N3O6S. The monoisotopic (exact) mass is 437 g/mol. The number of carbonyl (C=O) groups excluding carboxylic acids is 3. The summed E-state index contributed by atoms with van der Waals surface area (Å²) in [5.41, 5.74) is -2.16. The second-order valence-electron chi connectivity index (χ2n) is 7.71. The molecule has 1 aliphatic heterocycles. The molecule has 2 amide bonds. The molecule has 1 N–H and O–H groups in total. The van der Waals surface area contributed by atoms with Crippen LogP contribution in [-0.4, -0.2) is 69.5 Å². The lowest BCUT2D eigenvalue weighted by Gasteiger charge is -2.33. The third-order valence-electron chi connectivity index (χ3n) is 4.27. The van der Waals surface area contributed by atoms with E-state index in [0.29, 0.717) is 5.56 Å². The molecule has 2 rings (SSSR count). The molecule has 0 aromatic heterocycles. The Labute approximate surface area is 180 Å². The minimum atomic E-state index is -1.89. The Kier molecular flexibility index (Phi) is 7.14. The van der Waals surface area contributed by atoms with Gasteiger partial charge in [-0.2, -0.15) is 10.2 Å². The molecule has 9 nitrogen and oxygen atoms in total. The highest BCUT2D eigenvalue weighted by atomic mass is 32.2. The van der Waals surface area contributed by atoms with Gasteiger partial charge in [-0.15, -0.1) is 11.8 Å². The van der Waals surface area contributed by atoms with E-state index in [1.54, 1.807) is 51.6 Å². The van der Waals surface area contributed by atoms with Gasteiger partial charge in [0.1, 0.15) is 17.9 Å². The van der Waals surface area contributed by atoms with Gasteiger partial charge in [-0.3, -0.25) is 14.8 Å². The van der Waals surface area contributed by atoms with Crippen molar-refractivity contribution in [1.82, 2.24) is 10.1 Å².